The molecular weight excluding hydrogens is 334 g/mol. The highest BCUT2D eigenvalue weighted by atomic mass is 79.9. The monoisotopic (exact) mass is 345 g/mol. The van der Waals surface area contributed by atoms with E-state index < -0.39 is 5.97 Å². The van der Waals surface area contributed by atoms with Crippen LogP contribution in [-0.4, -0.2) is 31.4 Å². The Bertz CT molecular complexity index is 521. The van der Waals surface area contributed by atoms with Crippen LogP contribution in [0.1, 0.15) is 16.8 Å². The second kappa shape index (κ2) is 5.92. The number of carbonyl (C=O) groups excluding carboxylic acids is 2. The number of anilines is 1. The molecule has 1 heterocycles. The fourth-order valence-electron chi connectivity index (χ4n) is 2.08. The predicted molar refractivity (Wildman–Crippen MR) is 76.7 cm³/mol. The maximum absolute atomic E-state index is 11.9. The number of ether oxygens (including phenoxy) is 1. The fraction of sp³-hybridized carbons (Fsp3) is 0.385. The van der Waals surface area contributed by atoms with E-state index >= 15 is 0 Å². The Hall–Kier alpha value is -1.07. The number of alkyl halides is 1. The van der Waals surface area contributed by atoms with E-state index in [2.05, 4.69) is 15.9 Å². The summed E-state index contributed by atoms with van der Waals surface area (Å²) in [6.45, 7) is 0.588. The molecule has 19 heavy (non-hydrogen) atoms. The molecule has 0 aromatic heterocycles. The van der Waals surface area contributed by atoms with Gasteiger partial charge < -0.3 is 9.64 Å². The lowest BCUT2D eigenvalue weighted by atomic mass is 10.1. The highest BCUT2D eigenvalue weighted by Crippen LogP contribution is 2.29. The minimum Gasteiger partial charge on any atom is -0.465 e. The zero-order valence-corrected chi connectivity index (χ0v) is 12.7. The van der Waals surface area contributed by atoms with E-state index in [1.54, 1.807) is 23.1 Å². The molecule has 0 bridgehead atoms. The molecule has 1 fully saturated rings. The van der Waals surface area contributed by atoms with Crippen molar-refractivity contribution in [2.45, 2.75) is 6.42 Å². The first-order chi connectivity index (χ1) is 9.06. The van der Waals surface area contributed by atoms with Crippen molar-refractivity contribution < 1.29 is 14.3 Å². The molecule has 1 aromatic carbocycles. The smallest absolute Gasteiger partial charge is 0.339 e. The summed E-state index contributed by atoms with van der Waals surface area (Å²) in [6, 6.07) is 5.19. The van der Waals surface area contributed by atoms with Gasteiger partial charge in [0.15, 0.2) is 0 Å². The van der Waals surface area contributed by atoms with Crippen molar-refractivity contribution in [3.8, 4) is 0 Å². The minimum absolute atomic E-state index is 0.0313. The first kappa shape index (κ1) is 14.3. The molecule has 1 unspecified atom stereocenters. The lowest BCUT2D eigenvalue weighted by Gasteiger charge is -2.17. The van der Waals surface area contributed by atoms with E-state index in [0.29, 0.717) is 34.6 Å². The van der Waals surface area contributed by atoms with Crippen molar-refractivity contribution in [2.75, 3.05) is 24.4 Å². The van der Waals surface area contributed by atoms with E-state index in [-0.39, 0.29) is 11.8 Å². The van der Waals surface area contributed by atoms with Gasteiger partial charge in [0.25, 0.3) is 0 Å². The SMILES string of the molecule is COC(=O)c1cc(N2CC(CCl)CC2=O)ccc1Br. The molecule has 0 spiro atoms. The maximum atomic E-state index is 11.9. The first-order valence-corrected chi connectivity index (χ1v) is 7.13. The number of esters is 1. The average molecular weight is 347 g/mol. The van der Waals surface area contributed by atoms with Gasteiger partial charge in [0.05, 0.1) is 12.7 Å². The third-order valence-corrected chi connectivity index (χ3v) is 4.22. The van der Waals surface area contributed by atoms with Crippen LogP contribution >= 0.6 is 27.5 Å². The second-order valence-corrected chi connectivity index (χ2v) is 5.55. The Morgan fingerprint density at radius 1 is 1.58 bits per heavy atom. The van der Waals surface area contributed by atoms with Crippen molar-refractivity contribution in [3.63, 3.8) is 0 Å². The standard InChI is InChI=1S/C13H13BrClNO3/c1-19-13(18)10-5-9(2-3-11(10)14)16-7-8(6-15)4-12(16)17/h2-3,5,8H,4,6-7H2,1H3. The molecule has 0 N–H and O–H groups in total. The lowest BCUT2D eigenvalue weighted by Crippen LogP contribution is -2.25. The van der Waals surface area contributed by atoms with E-state index in [1.807, 2.05) is 0 Å². The van der Waals surface area contributed by atoms with Crippen molar-refractivity contribution in [1.29, 1.82) is 0 Å². The van der Waals surface area contributed by atoms with Gasteiger partial charge in [0.2, 0.25) is 5.91 Å². The third kappa shape index (κ3) is 2.92. The van der Waals surface area contributed by atoms with Crippen molar-refractivity contribution in [3.05, 3.63) is 28.2 Å². The summed E-state index contributed by atoms with van der Waals surface area (Å²) in [7, 11) is 1.33. The normalized spacial score (nSPS) is 18.8. The van der Waals surface area contributed by atoms with Gasteiger partial charge in [-0.25, -0.2) is 4.79 Å². The summed E-state index contributed by atoms with van der Waals surface area (Å²) >= 11 is 9.09. The molecule has 0 aliphatic carbocycles. The molecule has 102 valence electrons. The second-order valence-electron chi connectivity index (χ2n) is 4.38. The quantitative estimate of drug-likeness (QED) is 0.624. The van der Waals surface area contributed by atoms with Gasteiger partial charge in [0.1, 0.15) is 0 Å². The van der Waals surface area contributed by atoms with Crippen LogP contribution in [0.15, 0.2) is 22.7 Å². The third-order valence-electron chi connectivity index (χ3n) is 3.09. The number of rotatable bonds is 3. The average Bonchev–Trinajstić information content (AvgIpc) is 2.80. The Morgan fingerprint density at radius 3 is 2.89 bits per heavy atom. The molecule has 1 aliphatic rings. The van der Waals surface area contributed by atoms with E-state index in [0.717, 1.165) is 0 Å². The zero-order chi connectivity index (χ0) is 14.0. The fourth-order valence-corrected chi connectivity index (χ4v) is 2.70. The van der Waals surface area contributed by atoms with Gasteiger partial charge in [-0.2, -0.15) is 0 Å². The van der Waals surface area contributed by atoms with E-state index in [9.17, 15) is 9.59 Å². The van der Waals surface area contributed by atoms with E-state index in [4.69, 9.17) is 16.3 Å². The highest BCUT2D eigenvalue weighted by Gasteiger charge is 2.30. The van der Waals surface area contributed by atoms with Crippen LogP contribution < -0.4 is 4.90 Å². The summed E-state index contributed by atoms with van der Waals surface area (Å²) in [6.07, 6.45) is 0.452. The summed E-state index contributed by atoms with van der Waals surface area (Å²) in [5, 5.41) is 0. The number of nitrogens with zero attached hydrogens (tertiary/aromatic N) is 1. The minimum atomic E-state index is -0.436. The van der Waals surface area contributed by atoms with Crippen LogP contribution in [-0.2, 0) is 9.53 Å². The highest BCUT2D eigenvalue weighted by molar-refractivity contribution is 9.10. The van der Waals surface area contributed by atoms with Crippen LogP contribution in [0.25, 0.3) is 0 Å². The molecular formula is C13H13BrClNO3. The topological polar surface area (TPSA) is 46.6 Å². The summed E-state index contributed by atoms with van der Waals surface area (Å²) in [5.74, 6) is 0.222. The predicted octanol–water partition coefficient (Wildman–Crippen LogP) is 2.83. The van der Waals surface area contributed by atoms with Gasteiger partial charge in [-0.1, -0.05) is 0 Å². The Kier molecular flexibility index (Phi) is 4.47. The van der Waals surface area contributed by atoms with Crippen LogP contribution in [0.4, 0.5) is 5.69 Å². The molecule has 1 aromatic rings. The summed E-state index contributed by atoms with van der Waals surface area (Å²) in [4.78, 5) is 25.2. The molecule has 1 saturated heterocycles. The molecule has 0 radical (unpaired) electrons. The molecule has 2 rings (SSSR count). The number of benzene rings is 1. The number of hydrogen-bond donors (Lipinski definition) is 0. The molecule has 4 nitrogen and oxygen atoms in total. The van der Waals surface area contributed by atoms with Gasteiger partial charge in [0, 0.05) is 29.0 Å². The Morgan fingerprint density at radius 2 is 2.32 bits per heavy atom. The van der Waals surface area contributed by atoms with Gasteiger partial charge in [-0.3, -0.25) is 4.79 Å². The Balaban J connectivity index is 2.31. The van der Waals surface area contributed by atoms with E-state index in [1.165, 1.54) is 7.11 Å². The van der Waals surface area contributed by atoms with Gasteiger partial charge in [-0.05, 0) is 40.0 Å². The zero-order valence-electron chi connectivity index (χ0n) is 10.4. The molecule has 0 saturated carbocycles. The first-order valence-electron chi connectivity index (χ1n) is 5.81. The number of amides is 1. The summed E-state index contributed by atoms with van der Waals surface area (Å²) in [5.41, 5.74) is 1.10. The largest absolute Gasteiger partial charge is 0.465 e. The lowest BCUT2D eigenvalue weighted by molar-refractivity contribution is -0.117. The molecule has 1 atom stereocenters. The number of carbonyl (C=O) groups is 2. The van der Waals surface area contributed by atoms with Crippen molar-refractivity contribution in [1.82, 2.24) is 0 Å². The van der Waals surface area contributed by atoms with Crippen molar-refractivity contribution >= 4 is 45.1 Å². The molecule has 1 amide bonds. The van der Waals surface area contributed by atoms with Crippen LogP contribution in [0, 0.1) is 5.92 Å². The molecule has 1 aliphatic heterocycles. The van der Waals surface area contributed by atoms with Crippen LogP contribution in [0.3, 0.4) is 0 Å². The van der Waals surface area contributed by atoms with Gasteiger partial charge in [-0.15, -0.1) is 11.6 Å². The van der Waals surface area contributed by atoms with Crippen LogP contribution in [0.5, 0.6) is 0 Å². The molecule has 6 heteroatoms. The Labute approximate surface area is 124 Å². The number of hydrogen-bond acceptors (Lipinski definition) is 3. The van der Waals surface area contributed by atoms with Crippen molar-refractivity contribution in [2.24, 2.45) is 5.92 Å². The number of methoxy groups -OCH3 is 1. The summed E-state index contributed by atoms with van der Waals surface area (Å²) < 4.78 is 5.35. The van der Waals surface area contributed by atoms with Gasteiger partial charge >= 0.3 is 5.97 Å². The number of halogens is 2. The maximum Gasteiger partial charge on any atom is 0.339 e. The van der Waals surface area contributed by atoms with Crippen LogP contribution in [0.2, 0.25) is 0 Å².